The van der Waals surface area contributed by atoms with Gasteiger partial charge in [-0.2, -0.15) is 0 Å². The molecule has 0 spiro atoms. The van der Waals surface area contributed by atoms with E-state index in [2.05, 4.69) is 5.32 Å². The molecule has 0 aromatic heterocycles. The zero-order valence-electron chi connectivity index (χ0n) is 15.4. The number of hydrogen-bond donors (Lipinski definition) is 2. The maximum Gasteiger partial charge on any atom is 0.254 e. The second-order valence-electron chi connectivity index (χ2n) is 6.58. The Bertz CT molecular complexity index is 635. The van der Waals surface area contributed by atoms with E-state index in [4.69, 9.17) is 10.5 Å². The van der Waals surface area contributed by atoms with Gasteiger partial charge < -0.3 is 20.7 Å². The molecule has 27 heavy (non-hydrogen) atoms. The molecule has 3 N–H and O–H groups in total. The molecule has 1 aliphatic heterocycles. The Morgan fingerprint density at radius 2 is 1.96 bits per heavy atom. The summed E-state index contributed by atoms with van der Waals surface area (Å²) >= 11 is 0. The van der Waals surface area contributed by atoms with Crippen LogP contribution in [-0.2, 0) is 9.53 Å². The van der Waals surface area contributed by atoms with Gasteiger partial charge in [0.25, 0.3) is 5.91 Å². The van der Waals surface area contributed by atoms with Crippen LogP contribution >= 0.6 is 0 Å². The van der Waals surface area contributed by atoms with E-state index in [1.54, 1.807) is 0 Å². The number of piperidine rings is 1. The summed E-state index contributed by atoms with van der Waals surface area (Å²) in [6, 6.07) is 2.80. The fourth-order valence-corrected chi connectivity index (χ4v) is 2.97. The first kappa shape index (κ1) is 21.2. The second-order valence-corrected chi connectivity index (χ2v) is 6.58. The number of nitrogens with two attached hydrogens (primary N) is 1. The fraction of sp³-hybridized carbons (Fsp3) is 0.579. The molecule has 1 fully saturated rings. The van der Waals surface area contributed by atoms with Gasteiger partial charge in [0.15, 0.2) is 0 Å². The van der Waals surface area contributed by atoms with Crippen LogP contribution in [0.3, 0.4) is 0 Å². The third kappa shape index (κ3) is 6.88. The van der Waals surface area contributed by atoms with Crippen molar-refractivity contribution in [1.82, 2.24) is 10.2 Å². The van der Waals surface area contributed by atoms with Crippen LogP contribution in [0.15, 0.2) is 18.2 Å². The predicted molar refractivity (Wildman–Crippen MR) is 97.2 cm³/mol. The van der Waals surface area contributed by atoms with Crippen molar-refractivity contribution in [2.24, 2.45) is 5.73 Å². The van der Waals surface area contributed by atoms with Gasteiger partial charge in [-0.05, 0) is 44.4 Å². The minimum atomic E-state index is -0.903. The van der Waals surface area contributed by atoms with Gasteiger partial charge in [-0.15, -0.1) is 0 Å². The third-order valence-corrected chi connectivity index (χ3v) is 4.53. The highest BCUT2D eigenvalue weighted by Crippen LogP contribution is 2.15. The summed E-state index contributed by atoms with van der Waals surface area (Å²) in [5.74, 6) is -2.21. The number of carbonyl (C=O) groups excluding carboxylic acids is 2. The Morgan fingerprint density at radius 1 is 1.22 bits per heavy atom. The lowest BCUT2D eigenvalue weighted by Gasteiger charge is -2.32. The number of halogens is 2. The average Bonchev–Trinajstić information content (AvgIpc) is 2.65. The van der Waals surface area contributed by atoms with Crippen LogP contribution in [0, 0.1) is 11.6 Å². The Morgan fingerprint density at radius 3 is 2.63 bits per heavy atom. The largest absolute Gasteiger partial charge is 0.378 e. The van der Waals surface area contributed by atoms with Crippen LogP contribution in [0.2, 0.25) is 0 Å². The molecular weight excluding hydrogens is 356 g/mol. The zero-order valence-corrected chi connectivity index (χ0v) is 15.4. The minimum absolute atomic E-state index is 0.0395. The van der Waals surface area contributed by atoms with Gasteiger partial charge in [-0.3, -0.25) is 9.59 Å². The SMILES string of the molecule is NCCCOC1CCN(C(=O)CCCNC(=O)c2ccc(F)cc2F)CC1. The van der Waals surface area contributed by atoms with E-state index >= 15 is 0 Å². The van der Waals surface area contributed by atoms with E-state index in [1.165, 1.54) is 0 Å². The molecule has 2 rings (SSSR count). The molecule has 1 heterocycles. The lowest BCUT2D eigenvalue weighted by atomic mass is 10.1. The van der Waals surface area contributed by atoms with Crippen LogP contribution < -0.4 is 11.1 Å². The van der Waals surface area contributed by atoms with Crippen molar-refractivity contribution in [3.63, 3.8) is 0 Å². The van der Waals surface area contributed by atoms with Crippen molar-refractivity contribution in [2.75, 3.05) is 32.8 Å². The summed E-state index contributed by atoms with van der Waals surface area (Å²) < 4.78 is 32.1. The van der Waals surface area contributed by atoms with Gasteiger partial charge in [0.2, 0.25) is 5.91 Å². The Labute approximate surface area is 158 Å². The normalized spacial score (nSPS) is 15.0. The number of benzene rings is 1. The van der Waals surface area contributed by atoms with Crippen molar-refractivity contribution >= 4 is 11.8 Å². The highest BCUT2D eigenvalue weighted by Gasteiger charge is 2.22. The van der Waals surface area contributed by atoms with E-state index in [9.17, 15) is 18.4 Å². The minimum Gasteiger partial charge on any atom is -0.378 e. The maximum atomic E-state index is 13.5. The van der Waals surface area contributed by atoms with Crippen LogP contribution in [-0.4, -0.2) is 55.6 Å². The number of carbonyl (C=O) groups is 2. The number of amides is 2. The first-order valence-corrected chi connectivity index (χ1v) is 9.34. The highest BCUT2D eigenvalue weighted by atomic mass is 19.1. The molecule has 8 heteroatoms. The van der Waals surface area contributed by atoms with Crippen LogP contribution in [0.4, 0.5) is 8.78 Å². The molecule has 0 atom stereocenters. The lowest BCUT2D eigenvalue weighted by molar-refractivity contribution is -0.133. The second kappa shape index (κ2) is 10.9. The summed E-state index contributed by atoms with van der Waals surface area (Å²) in [6.07, 6.45) is 3.43. The van der Waals surface area contributed by atoms with E-state index in [0.29, 0.717) is 45.1 Å². The molecular formula is C19H27F2N3O3. The van der Waals surface area contributed by atoms with Gasteiger partial charge in [-0.25, -0.2) is 8.78 Å². The van der Waals surface area contributed by atoms with E-state index in [-0.39, 0.29) is 24.1 Å². The molecule has 0 bridgehead atoms. The standard InChI is InChI=1S/C19H27F2N3O3/c20-14-4-5-16(17(21)13-14)19(26)23-9-1-3-18(25)24-10-6-15(7-11-24)27-12-2-8-22/h4-5,13,15H,1-3,6-12,22H2,(H,23,26). The quantitative estimate of drug-likeness (QED) is 0.637. The molecule has 0 aliphatic carbocycles. The van der Waals surface area contributed by atoms with Crippen molar-refractivity contribution in [3.8, 4) is 0 Å². The van der Waals surface area contributed by atoms with Gasteiger partial charge in [0.1, 0.15) is 11.6 Å². The molecule has 0 saturated carbocycles. The van der Waals surface area contributed by atoms with Crippen molar-refractivity contribution in [1.29, 1.82) is 0 Å². The Balaban J connectivity index is 1.63. The van der Waals surface area contributed by atoms with Crippen LogP contribution in [0.5, 0.6) is 0 Å². The molecule has 0 radical (unpaired) electrons. The highest BCUT2D eigenvalue weighted by molar-refractivity contribution is 5.94. The number of nitrogens with one attached hydrogen (secondary N) is 1. The molecule has 150 valence electrons. The van der Waals surface area contributed by atoms with Gasteiger partial charge in [0, 0.05) is 38.7 Å². The van der Waals surface area contributed by atoms with E-state index in [0.717, 1.165) is 31.4 Å². The zero-order chi connectivity index (χ0) is 19.6. The van der Waals surface area contributed by atoms with E-state index in [1.807, 2.05) is 4.90 Å². The van der Waals surface area contributed by atoms with Crippen LogP contribution in [0.1, 0.15) is 42.5 Å². The van der Waals surface area contributed by atoms with E-state index < -0.39 is 17.5 Å². The number of ether oxygens (including phenoxy) is 1. The lowest BCUT2D eigenvalue weighted by Crippen LogP contribution is -2.41. The first-order chi connectivity index (χ1) is 13.0. The molecule has 6 nitrogen and oxygen atoms in total. The summed E-state index contributed by atoms with van der Waals surface area (Å²) in [5.41, 5.74) is 5.23. The summed E-state index contributed by atoms with van der Waals surface area (Å²) in [7, 11) is 0. The molecule has 2 amide bonds. The third-order valence-electron chi connectivity index (χ3n) is 4.53. The summed E-state index contributed by atoms with van der Waals surface area (Å²) in [6.45, 7) is 2.85. The molecule has 1 aromatic carbocycles. The van der Waals surface area contributed by atoms with Gasteiger partial charge in [-0.1, -0.05) is 0 Å². The van der Waals surface area contributed by atoms with Crippen LogP contribution in [0.25, 0.3) is 0 Å². The smallest absolute Gasteiger partial charge is 0.254 e. The molecule has 0 unspecified atom stereocenters. The van der Waals surface area contributed by atoms with Gasteiger partial charge in [0.05, 0.1) is 11.7 Å². The molecule has 1 saturated heterocycles. The summed E-state index contributed by atoms with van der Waals surface area (Å²) in [4.78, 5) is 25.9. The maximum absolute atomic E-state index is 13.5. The topological polar surface area (TPSA) is 84.7 Å². The Hall–Kier alpha value is -2.06. The average molecular weight is 383 g/mol. The number of rotatable bonds is 9. The van der Waals surface area contributed by atoms with Crippen molar-refractivity contribution in [2.45, 2.75) is 38.2 Å². The van der Waals surface area contributed by atoms with Crippen molar-refractivity contribution in [3.05, 3.63) is 35.4 Å². The predicted octanol–water partition coefficient (Wildman–Crippen LogP) is 1.83. The number of nitrogens with zero attached hydrogens (tertiary/aromatic N) is 1. The molecule has 1 aromatic rings. The monoisotopic (exact) mass is 383 g/mol. The van der Waals surface area contributed by atoms with Gasteiger partial charge >= 0.3 is 0 Å². The number of hydrogen-bond acceptors (Lipinski definition) is 4. The Kier molecular flexibility index (Phi) is 8.60. The molecule has 1 aliphatic rings. The number of likely N-dealkylation sites (tertiary alicyclic amines) is 1. The first-order valence-electron chi connectivity index (χ1n) is 9.34. The van der Waals surface area contributed by atoms with Crippen molar-refractivity contribution < 1.29 is 23.1 Å². The summed E-state index contributed by atoms with van der Waals surface area (Å²) in [5, 5.41) is 2.55. The fourth-order valence-electron chi connectivity index (χ4n) is 2.97.